The number of carbonyl (C=O) groups excluding carboxylic acids is 1. The molecule has 0 radical (unpaired) electrons. The molecule has 1 amide bonds. The summed E-state index contributed by atoms with van der Waals surface area (Å²) in [5, 5.41) is 13.3. The number of tetrazole rings is 1. The third-order valence-electron chi connectivity index (χ3n) is 5.83. The Kier molecular flexibility index (Phi) is 5.92. The molecule has 0 atom stereocenters. The van der Waals surface area contributed by atoms with E-state index in [-0.39, 0.29) is 11.3 Å². The number of aromatic nitrogens is 6. The highest BCUT2D eigenvalue weighted by Gasteiger charge is 2.26. The summed E-state index contributed by atoms with van der Waals surface area (Å²) in [4.78, 5) is 27.3. The zero-order valence-electron chi connectivity index (χ0n) is 20.2. The van der Waals surface area contributed by atoms with Crippen molar-refractivity contribution in [3.63, 3.8) is 0 Å². The van der Waals surface area contributed by atoms with Gasteiger partial charge in [0.05, 0.1) is 6.54 Å². The molecule has 0 unspecified atom stereocenters. The van der Waals surface area contributed by atoms with Crippen LogP contribution < -0.4 is 4.90 Å². The van der Waals surface area contributed by atoms with Gasteiger partial charge in [0, 0.05) is 37.3 Å². The summed E-state index contributed by atoms with van der Waals surface area (Å²) in [6.07, 6.45) is 0. The Balaban J connectivity index is 1.25. The second-order valence-corrected chi connectivity index (χ2v) is 10.4. The molecule has 11 heteroatoms. The molecule has 0 spiro atoms. The Labute approximate surface area is 207 Å². The molecule has 1 aliphatic rings. The van der Waals surface area contributed by atoms with Crippen LogP contribution in [0, 0.1) is 12.3 Å². The number of piperazine rings is 1. The second kappa shape index (κ2) is 8.92. The third-order valence-corrected chi connectivity index (χ3v) is 6.04. The van der Waals surface area contributed by atoms with Crippen molar-refractivity contribution < 1.29 is 9.21 Å². The van der Waals surface area contributed by atoms with Crippen molar-refractivity contribution in [2.75, 3.05) is 31.1 Å². The predicted octanol–water partition coefficient (Wildman–Crippen LogP) is 3.85. The maximum atomic E-state index is 13.2. The molecule has 1 aliphatic heterocycles. The SMILES string of the molecule is Cc1cc(C(=O)N2CCN(c3nc4nc(Cl)ccc4o3)CC2)ccc1-c1nnn(CC(C)(C)C)n1. The van der Waals surface area contributed by atoms with E-state index in [0.29, 0.717) is 66.5 Å². The number of anilines is 1. The predicted molar refractivity (Wildman–Crippen MR) is 132 cm³/mol. The highest BCUT2D eigenvalue weighted by molar-refractivity contribution is 6.29. The summed E-state index contributed by atoms with van der Waals surface area (Å²) in [6.45, 7) is 11.4. The van der Waals surface area contributed by atoms with Crippen molar-refractivity contribution in [2.24, 2.45) is 5.41 Å². The number of benzene rings is 1. The highest BCUT2D eigenvalue weighted by atomic mass is 35.5. The fourth-order valence-electron chi connectivity index (χ4n) is 4.09. The normalized spacial score (nSPS) is 14.7. The Morgan fingerprint density at radius 3 is 2.57 bits per heavy atom. The molecule has 4 heterocycles. The van der Waals surface area contributed by atoms with E-state index in [4.69, 9.17) is 16.0 Å². The van der Waals surface area contributed by atoms with E-state index in [1.165, 1.54) is 0 Å². The molecule has 35 heavy (non-hydrogen) atoms. The van der Waals surface area contributed by atoms with Crippen LogP contribution in [0.3, 0.4) is 0 Å². The molecule has 0 aliphatic carbocycles. The van der Waals surface area contributed by atoms with E-state index in [1.54, 1.807) is 16.9 Å². The van der Waals surface area contributed by atoms with E-state index >= 15 is 0 Å². The van der Waals surface area contributed by atoms with Crippen molar-refractivity contribution in [3.05, 3.63) is 46.6 Å². The van der Waals surface area contributed by atoms with E-state index in [0.717, 1.165) is 11.1 Å². The molecule has 182 valence electrons. The summed E-state index contributed by atoms with van der Waals surface area (Å²) < 4.78 is 5.81. The van der Waals surface area contributed by atoms with Crippen LogP contribution in [0.2, 0.25) is 5.15 Å². The van der Waals surface area contributed by atoms with Gasteiger partial charge in [-0.2, -0.15) is 9.78 Å². The Morgan fingerprint density at radius 2 is 1.86 bits per heavy atom. The fourth-order valence-corrected chi connectivity index (χ4v) is 4.24. The van der Waals surface area contributed by atoms with Gasteiger partial charge in [0.1, 0.15) is 5.15 Å². The monoisotopic (exact) mass is 494 g/mol. The van der Waals surface area contributed by atoms with Crippen LogP contribution >= 0.6 is 11.6 Å². The minimum absolute atomic E-state index is 0.00494. The maximum Gasteiger partial charge on any atom is 0.300 e. The van der Waals surface area contributed by atoms with Gasteiger partial charge in [0.25, 0.3) is 11.9 Å². The van der Waals surface area contributed by atoms with Crippen molar-refractivity contribution in [2.45, 2.75) is 34.2 Å². The van der Waals surface area contributed by atoms with Crippen molar-refractivity contribution >= 4 is 34.8 Å². The molecule has 10 nitrogen and oxygen atoms in total. The van der Waals surface area contributed by atoms with Crippen molar-refractivity contribution in [1.29, 1.82) is 0 Å². The van der Waals surface area contributed by atoms with Crippen LogP contribution in [0.5, 0.6) is 0 Å². The highest BCUT2D eigenvalue weighted by Crippen LogP contribution is 2.25. The zero-order valence-corrected chi connectivity index (χ0v) is 21.0. The van der Waals surface area contributed by atoms with E-state index in [9.17, 15) is 4.79 Å². The number of hydrogen-bond acceptors (Lipinski definition) is 8. The standard InChI is InChI=1S/C24H27ClN8O2/c1-15-13-16(5-6-17(15)20-28-30-33(29-20)14-24(2,3)4)22(34)31-9-11-32(12-10-31)23-27-21-18(35-23)7-8-19(25)26-21/h5-8,13H,9-12,14H2,1-4H3. The molecule has 0 N–H and O–H groups in total. The molecule has 3 aromatic heterocycles. The molecule has 1 aromatic carbocycles. The molecular weight excluding hydrogens is 468 g/mol. The lowest BCUT2D eigenvalue weighted by atomic mass is 9.97. The fraction of sp³-hybridized carbons (Fsp3) is 0.417. The largest absolute Gasteiger partial charge is 0.422 e. The number of halogens is 1. The van der Waals surface area contributed by atoms with Gasteiger partial charge >= 0.3 is 0 Å². The van der Waals surface area contributed by atoms with Crippen LogP contribution in [-0.2, 0) is 6.54 Å². The summed E-state index contributed by atoms with van der Waals surface area (Å²) >= 11 is 5.94. The first-order chi connectivity index (χ1) is 16.7. The first-order valence-corrected chi connectivity index (χ1v) is 11.9. The molecule has 1 saturated heterocycles. The number of rotatable bonds is 4. The number of oxazole rings is 1. The van der Waals surface area contributed by atoms with Gasteiger partial charge in [0.15, 0.2) is 5.58 Å². The molecule has 4 aromatic rings. The van der Waals surface area contributed by atoms with Crippen LogP contribution in [-0.4, -0.2) is 67.2 Å². The minimum atomic E-state index is -0.00494. The minimum Gasteiger partial charge on any atom is -0.422 e. The van der Waals surface area contributed by atoms with Gasteiger partial charge in [-0.05, 0) is 53.4 Å². The van der Waals surface area contributed by atoms with Crippen LogP contribution in [0.15, 0.2) is 34.7 Å². The maximum absolute atomic E-state index is 13.2. The molecule has 1 fully saturated rings. The number of fused-ring (bicyclic) bond motifs is 1. The summed E-state index contributed by atoms with van der Waals surface area (Å²) in [5.41, 5.74) is 3.57. The topological polar surface area (TPSA) is 106 Å². The Morgan fingerprint density at radius 1 is 1.09 bits per heavy atom. The average Bonchev–Trinajstić information content (AvgIpc) is 3.44. The number of amides is 1. The van der Waals surface area contributed by atoms with Crippen molar-refractivity contribution in [3.8, 4) is 11.4 Å². The zero-order chi connectivity index (χ0) is 24.7. The van der Waals surface area contributed by atoms with Crippen LogP contribution in [0.25, 0.3) is 22.6 Å². The lowest BCUT2D eigenvalue weighted by molar-refractivity contribution is 0.0745. The van der Waals surface area contributed by atoms with Gasteiger partial charge in [-0.1, -0.05) is 32.4 Å². The average molecular weight is 495 g/mol. The smallest absolute Gasteiger partial charge is 0.300 e. The quantitative estimate of drug-likeness (QED) is 0.394. The summed E-state index contributed by atoms with van der Waals surface area (Å²) in [5.74, 6) is 0.558. The van der Waals surface area contributed by atoms with Gasteiger partial charge in [-0.3, -0.25) is 4.79 Å². The van der Waals surface area contributed by atoms with Crippen LogP contribution in [0.1, 0.15) is 36.7 Å². The molecular formula is C24H27ClN8O2. The first-order valence-electron chi connectivity index (χ1n) is 11.5. The van der Waals surface area contributed by atoms with Crippen LogP contribution in [0.4, 0.5) is 6.01 Å². The molecule has 5 rings (SSSR count). The lowest BCUT2D eigenvalue weighted by Crippen LogP contribution is -2.48. The lowest BCUT2D eigenvalue weighted by Gasteiger charge is -2.33. The van der Waals surface area contributed by atoms with Crippen molar-refractivity contribution in [1.82, 2.24) is 35.1 Å². The summed E-state index contributed by atoms with van der Waals surface area (Å²) in [6, 6.07) is 9.55. The number of carbonyl (C=O) groups is 1. The molecule has 0 saturated carbocycles. The van der Waals surface area contributed by atoms with E-state index in [1.807, 2.05) is 34.9 Å². The van der Waals surface area contributed by atoms with Gasteiger partial charge < -0.3 is 14.2 Å². The van der Waals surface area contributed by atoms with Gasteiger partial charge in [0.2, 0.25) is 11.5 Å². The number of nitrogens with zero attached hydrogens (tertiary/aromatic N) is 8. The van der Waals surface area contributed by atoms with E-state index in [2.05, 4.69) is 46.1 Å². The Bertz CT molecular complexity index is 1380. The Hall–Kier alpha value is -3.53. The summed E-state index contributed by atoms with van der Waals surface area (Å²) in [7, 11) is 0. The number of hydrogen-bond donors (Lipinski definition) is 0. The third kappa shape index (κ3) is 4.97. The second-order valence-electron chi connectivity index (χ2n) is 9.97. The number of pyridine rings is 1. The number of aryl methyl sites for hydroxylation is 1. The molecule has 0 bridgehead atoms. The van der Waals surface area contributed by atoms with Gasteiger partial charge in [-0.25, -0.2) is 4.98 Å². The first kappa shape index (κ1) is 23.2. The van der Waals surface area contributed by atoms with E-state index < -0.39 is 0 Å². The van der Waals surface area contributed by atoms with Gasteiger partial charge in [-0.15, -0.1) is 10.2 Å².